The van der Waals surface area contributed by atoms with Crippen LogP contribution in [0.25, 0.3) is 11.1 Å². The summed E-state index contributed by atoms with van der Waals surface area (Å²) in [6.45, 7) is 1.80. The summed E-state index contributed by atoms with van der Waals surface area (Å²) in [6, 6.07) is 27.4. The number of hydrogen-bond donors (Lipinski definition) is 2. The number of nitrogens with one attached hydrogen (secondary N) is 2. The van der Waals surface area contributed by atoms with Gasteiger partial charge in [-0.1, -0.05) is 66.7 Å². The van der Waals surface area contributed by atoms with Gasteiger partial charge in [-0.25, -0.2) is 9.59 Å². The summed E-state index contributed by atoms with van der Waals surface area (Å²) in [5, 5.41) is 5.61. The summed E-state index contributed by atoms with van der Waals surface area (Å²) < 4.78 is 60.9. The van der Waals surface area contributed by atoms with Gasteiger partial charge in [-0.3, -0.25) is 0 Å². The first-order valence-corrected chi connectivity index (χ1v) is 15.3. The Morgan fingerprint density at radius 2 is 1.34 bits per heavy atom. The number of halogens is 3. The van der Waals surface area contributed by atoms with E-state index in [0.29, 0.717) is 31.9 Å². The van der Waals surface area contributed by atoms with Crippen LogP contribution in [0.1, 0.15) is 39.4 Å². The molecule has 47 heavy (non-hydrogen) atoms. The van der Waals surface area contributed by atoms with Crippen molar-refractivity contribution in [3.05, 3.63) is 119 Å². The first-order valence-electron chi connectivity index (χ1n) is 15.3. The molecule has 5 rings (SSSR count). The third kappa shape index (κ3) is 9.11. The fourth-order valence-corrected chi connectivity index (χ4v) is 5.31. The number of carbonyl (C=O) groups is 2. The second-order valence-corrected chi connectivity index (χ2v) is 10.7. The maximum atomic E-state index is 13.1. The molecule has 4 aromatic carbocycles. The molecule has 0 saturated heterocycles. The molecule has 4 aromatic rings. The van der Waals surface area contributed by atoms with Crippen LogP contribution in [0.2, 0.25) is 0 Å². The first-order chi connectivity index (χ1) is 22.8. The van der Waals surface area contributed by atoms with E-state index in [1.807, 2.05) is 24.3 Å². The van der Waals surface area contributed by atoms with Crippen LogP contribution in [0.5, 0.6) is 0 Å². The Balaban J connectivity index is 0.914. The lowest BCUT2D eigenvalue weighted by Crippen LogP contribution is -2.27. The highest BCUT2D eigenvalue weighted by molar-refractivity contribution is 5.96. The van der Waals surface area contributed by atoms with Crippen molar-refractivity contribution in [3.63, 3.8) is 0 Å². The van der Waals surface area contributed by atoms with Crippen LogP contribution in [0.3, 0.4) is 0 Å². The molecule has 11 heteroatoms. The lowest BCUT2D eigenvalue weighted by molar-refractivity contribution is -0.137. The van der Waals surface area contributed by atoms with E-state index in [0.717, 1.165) is 23.3 Å². The average Bonchev–Trinajstić information content (AvgIpc) is 3.39. The molecule has 8 nitrogen and oxygen atoms in total. The molecule has 0 heterocycles. The van der Waals surface area contributed by atoms with Crippen molar-refractivity contribution in [1.82, 2.24) is 5.32 Å². The molecule has 0 radical (unpaired) electrons. The second kappa shape index (κ2) is 16.1. The number of alkyl carbamates (subject to hydrolysis) is 1. The number of carbonyl (C=O) groups excluding carboxylic acids is 2. The zero-order valence-electron chi connectivity index (χ0n) is 25.6. The van der Waals surface area contributed by atoms with Crippen LogP contribution < -0.4 is 10.6 Å². The predicted molar refractivity (Wildman–Crippen MR) is 171 cm³/mol. The molecule has 0 aromatic heterocycles. The lowest BCUT2D eigenvalue weighted by Gasteiger charge is -2.14. The number of benzene rings is 4. The van der Waals surface area contributed by atoms with E-state index in [1.165, 1.54) is 29.3 Å². The summed E-state index contributed by atoms with van der Waals surface area (Å²) in [5.41, 5.74) is 4.56. The van der Waals surface area contributed by atoms with Gasteiger partial charge in [0.25, 0.3) is 0 Å². The van der Waals surface area contributed by atoms with Crippen molar-refractivity contribution < 1.29 is 41.7 Å². The summed E-state index contributed by atoms with van der Waals surface area (Å²) in [7, 11) is 0. The third-order valence-electron chi connectivity index (χ3n) is 7.53. The van der Waals surface area contributed by atoms with Crippen molar-refractivity contribution in [2.24, 2.45) is 0 Å². The molecule has 0 unspecified atom stereocenters. The van der Waals surface area contributed by atoms with Crippen molar-refractivity contribution in [1.29, 1.82) is 0 Å². The Morgan fingerprint density at radius 1 is 0.702 bits per heavy atom. The highest BCUT2D eigenvalue weighted by atomic mass is 19.4. The summed E-state index contributed by atoms with van der Waals surface area (Å²) >= 11 is 0. The van der Waals surface area contributed by atoms with Gasteiger partial charge >= 0.3 is 18.2 Å². The SMILES string of the molecule is O=C(NCCCOCCOCCOC(=O)c1ccccc1Nc1cccc(C(F)(F)F)c1)OCC1c2ccccc2-c2ccccc21. The number of rotatable bonds is 15. The number of ether oxygens (including phenoxy) is 4. The minimum absolute atomic E-state index is 0.00544. The third-order valence-corrected chi connectivity index (χ3v) is 7.53. The Kier molecular flexibility index (Phi) is 11.5. The summed E-state index contributed by atoms with van der Waals surface area (Å²) in [5.74, 6) is -0.630. The molecule has 1 aliphatic carbocycles. The van der Waals surface area contributed by atoms with Gasteiger partial charge in [0.1, 0.15) is 13.2 Å². The number of fused-ring (bicyclic) bond motifs is 3. The summed E-state index contributed by atoms with van der Waals surface area (Å²) in [4.78, 5) is 24.9. The molecule has 0 aliphatic heterocycles. The Labute approximate surface area is 270 Å². The Morgan fingerprint density at radius 3 is 2.06 bits per heavy atom. The van der Waals surface area contributed by atoms with Gasteiger partial charge in [0.15, 0.2) is 0 Å². The molecule has 1 aliphatic rings. The average molecular weight is 649 g/mol. The van der Waals surface area contributed by atoms with E-state index in [1.54, 1.807) is 18.2 Å². The topological polar surface area (TPSA) is 95.1 Å². The number of para-hydroxylation sites is 1. The van der Waals surface area contributed by atoms with Crippen molar-refractivity contribution >= 4 is 23.4 Å². The molecule has 0 fully saturated rings. The molecule has 2 N–H and O–H groups in total. The van der Waals surface area contributed by atoms with Crippen LogP contribution in [-0.4, -0.2) is 58.2 Å². The van der Waals surface area contributed by atoms with Gasteiger partial charge in [-0.15, -0.1) is 0 Å². The Hall–Kier alpha value is -4.87. The van der Waals surface area contributed by atoms with Crippen molar-refractivity contribution in [3.8, 4) is 11.1 Å². The van der Waals surface area contributed by atoms with Gasteiger partial charge < -0.3 is 29.6 Å². The van der Waals surface area contributed by atoms with Crippen LogP contribution in [0.4, 0.5) is 29.3 Å². The van der Waals surface area contributed by atoms with Gasteiger partial charge in [-0.05, 0) is 59.0 Å². The fourth-order valence-electron chi connectivity index (χ4n) is 5.31. The first kappa shape index (κ1) is 33.5. The molecular formula is C36H35F3N2O6. The van der Waals surface area contributed by atoms with E-state index in [4.69, 9.17) is 18.9 Å². The largest absolute Gasteiger partial charge is 0.460 e. The number of hydrogen-bond acceptors (Lipinski definition) is 7. The smallest absolute Gasteiger partial charge is 0.416 e. The molecule has 1 amide bonds. The number of anilines is 2. The van der Waals surface area contributed by atoms with Crippen molar-refractivity contribution in [2.75, 3.05) is 51.5 Å². The quantitative estimate of drug-likeness (QED) is 0.101. The zero-order valence-corrected chi connectivity index (χ0v) is 25.6. The zero-order chi connectivity index (χ0) is 33.1. The van der Waals surface area contributed by atoms with E-state index >= 15 is 0 Å². The molecule has 0 bridgehead atoms. The standard InChI is InChI=1S/C36H35F3N2O6/c37-36(38,39)25-9-7-10-26(23-25)41-33-16-6-5-15-31(33)34(42)46-22-21-45-20-19-44-18-8-17-40-35(43)47-24-32-29-13-3-1-11-27(29)28-12-2-4-14-30(28)32/h1-7,9-16,23,32,41H,8,17-22,24H2,(H,40,43). The Bertz CT molecular complexity index is 1620. The monoisotopic (exact) mass is 648 g/mol. The van der Waals surface area contributed by atoms with Crippen LogP contribution in [-0.2, 0) is 25.1 Å². The second-order valence-electron chi connectivity index (χ2n) is 10.7. The molecule has 0 saturated carbocycles. The normalized spacial score (nSPS) is 12.2. The highest BCUT2D eigenvalue weighted by Crippen LogP contribution is 2.44. The predicted octanol–water partition coefficient (Wildman–Crippen LogP) is 7.57. The minimum atomic E-state index is -4.48. The van der Waals surface area contributed by atoms with Crippen LogP contribution >= 0.6 is 0 Å². The molecular weight excluding hydrogens is 613 g/mol. The molecule has 0 spiro atoms. The van der Waals surface area contributed by atoms with E-state index in [-0.39, 0.29) is 43.6 Å². The van der Waals surface area contributed by atoms with Crippen LogP contribution in [0, 0.1) is 0 Å². The number of esters is 1. The van der Waals surface area contributed by atoms with Crippen LogP contribution in [0.15, 0.2) is 97.1 Å². The number of amides is 1. The van der Waals surface area contributed by atoms with Crippen molar-refractivity contribution in [2.45, 2.75) is 18.5 Å². The van der Waals surface area contributed by atoms with Gasteiger partial charge in [0, 0.05) is 24.8 Å². The lowest BCUT2D eigenvalue weighted by atomic mass is 9.98. The van der Waals surface area contributed by atoms with Gasteiger partial charge in [-0.2, -0.15) is 13.2 Å². The fraction of sp³-hybridized carbons (Fsp3) is 0.278. The van der Waals surface area contributed by atoms with Gasteiger partial charge in [0.05, 0.1) is 36.6 Å². The van der Waals surface area contributed by atoms with E-state index in [9.17, 15) is 22.8 Å². The number of alkyl halides is 3. The summed E-state index contributed by atoms with van der Waals surface area (Å²) in [6.07, 6.45) is -4.36. The molecule has 0 atom stereocenters. The highest BCUT2D eigenvalue weighted by Gasteiger charge is 2.31. The molecule has 246 valence electrons. The minimum Gasteiger partial charge on any atom is -0.460 e. The maximum absolute atomic E-state index is 13.1. The maximum Gasteiger partial charge on any atom is 0.416 e. The van der Waals surface area contributed by atoms with Gasteiger partial charge in [0.2, 0.25) is 0 Å². The van der Waals surface area contributed by atoms with E-state index in [2.05, 4.69) is 34.9 Å². The van der Waals surface area contributed by atoms with E-state index < -0.39 is 23.8 Å².